The number of halogens is 3. The molecule has 2 fully saturated rings. The number of thiazole rings is 1. The molecule has 0 N–H and O–H groups in total. The third kappa shape index (κ3) is 3.18. The molecule has 0 aliphatic heterocycles. The molecule has 3 aromatic heterocycles. The first-order valence-corrected chi connectivity index (χ1v) is 11.2. The lowest BCUT2D eigenvalue weighted by atomic mass is 10.2. The summed E-state index contributed by atoms with van der Waals surface area (Å²) in [5, 5.41) is 3.86. The van der Waals surface area contributed by atoms with Gasteiger partial charge in [-0.25, -0.2) is 4.98 Å². The minimum atomic E-state index is -4.49. The van der Waals surface area contributed by atoms with Crippen LogP contribution in [0.2, 0.25) is 0 Å². The predicted octanol–water partition coefficient (Wildman–Crippen LogP) is 5.28. The number of rotatable bonds is 5. The van der Waals surface area contributed by atoms with Crippen LogP contribution < -0.4 is 5.56 Å². The number of nitrogens with zero attached hydrogens (tertiary/aromatic N) is 4. The standard InChI is InChI=1S/C21H23F3N4OS/c1-4-12-7-14(12)19-11(3)30-20-25-15(8-18(29)27(19)20)10(2)28-16(13-5-6-13)9-17(26-28)21(22,23)24/h8-10,12-14H,4-7H2,1-3H3. The van der Waals surface area contributed by atoms with Crippen molar-refractivity contribution in [1.82, 2.24) is 19.2 Å². The number of hydrogen-bond donors (Lipinski definition) is 0. The Morgan fingerprint density at radius 2 is 2.03 bits per heavy atom. The fourth-order valence-electron chi connectivity index (χ4n) is 4.46. The molecule has 0 saturated heterocycles. The molecule has 30 heavy (non-hydrogen) atoms. The molecule has 2 aliphatic rings. The van der Waals surface area contributed by atoms with Crippen LogP contribution in [-0.4, -0.2) is 19.2 Å². The molecule has 160 valence electrons. The summed E-state index contributed by atoms with van der Waals surface area (Å²) >= 11 is 1.48. The normalized spacial score (nSPS) is 22.6. The van der Waals surface area contributed by atoms with E-state index in [9.17, 15) is 18.0 Å². The summed E-state index contributed by atoms with van der Waals surface area (Å²) < 4.78 is 42.9. The fraction of sp³-hybridized carbons (Fsp3) is 0.571. The minimum Gasteiger partial charge on any atom is -0.269 e. The van der Waals surface area contributed by atoms with Crippen LogP contribution in [0.15, 0.2) is 16.9 Å². The van der Waals surface area contributed by atoms with Crippen molar-refractivity contribution in [2.24, 2.45) is 5.92 Å². The van der Waals surface area contributed by atoms with E-state index in [-0.39, 0.29) is 11.5 Å². The fourth-order valence-corrected chi connectivity index (χ4v) is 5.51. The van der Waals surface area contributed by atoms with Gasteiger partial charge in [-0.15, -0.1) is 11.3 Å². The Balaban J connectivity index is 1.58. The van der Waals surface area contributed by atoms with Gasteiger partial charge in [-0.05, 0) is 45.1 Å². The third-order valence-corrected chi connectivity index (χ3v) is 7.37. The van der Waals surface area contributed by atoms with Gasteiger partial charge < -0.3 is 0 Å². The van der Waals surface area contributed by atoms with Crippen LogP contribution in [0.25, 0.3) is 4.96 Å². The molecule has 3 unspecified atom stereocenters. The molecule has 0 bridgehead atoms. The molecule has 9 heteroatoms. The molecule has 3 atom stereocenters. The third-order valence-electron chi connectivity index (χ3n) is 6.40. The molecule has 5 rings (SSSR count). The topological polar surface area (TPSA) is 52.2 Å². The lowest BCUT2D eigenvalue weighted by Crippen LogP contribution is -2.21. The van der Waals surface area contributed by atoms with Gasteiger partial charge in [0.25, 0.3) is 5.56 Å². The minimum absolute atomic E-state index is 0.0947. The second-order valence-corrected chi connectivity index (χ2v) is 9.72. The van der Waals surface area contributed by atoms with E-state index >= 15 is 0 Å². The van der Waals surface area contributed by atoms with Gasteiger partial charge in [0.05, 0.1) is 11.7 Å². The number of aryl methyl sites for hydroxylation is 1. The highest BCUT2D eigenvalue weighted by molar-refractivity contribution is 7.17. The van der Waals surface area contributed by atoms with Crippen LogP contribution in [-0.2, 0) is 6.18 Å². The SMILES string of the molecule is CCC1CC1c1c(C)sc2nc(C(C)n3nc(C(F)(F)F)cc3C3CC3)cc(=O)n12. The molecule has 3 heterocycles. The molecular formula is C21H23F3N4OS. The smallest absolute Gasteiger partial charge is 0.269 e. The zero-order chi connectivity index (χ0) is 21.4. The zero-order valence-electron chi connectivity index (χ0n) is 17.0. The van der Waals surface area contributed by atoms with Gasteiger partial charge in [-0.3, -0.25) is 13.9 Å². The average molecular weight is 437 g/mol. The molecule has 2 saturated carbocycles. The quantitative estimate of drug-likeness (QED) is 0.547. The Labute approximate surface area is 175 Å². The highest BCUT2D eigenvalue weighted by atomic mass is 32.1. The number of alkyl halides is 3. The van der Waals surface area contributed by atoms with E-state index in [0.29, 0.717) is 28.2 Å². The number of hydrogen-bond acceptors (Lipinski definition) is 4. The molecule has 0 amide bonds. The summed E-state index contributed by atoms with van der Waals surface area (Å²) in [5.41, 5.74) is 1.02. The number of fused-ring (bicyclic) bond motifs is 1. The van der Waals surface area contributed by atoms with Crippen LogP contribution in [0.3, 0.4) is 0 Å². The molecule has 5 nitrogen and oxygen atoms in total. The van der Waals surface area contributed by atoms with Crippen molar-refractivity contribution < 1.29 is 13.2 Å². The second-order valence-electron chi connectivity index (χ2n) is 8.54. The monoisotopic (exact) mass is 436 g/mol. The molecule has 2 aliphatic carbocycles. The summed E-state index contributed by atoms with van der Waals surface area (Å²) in [5.74, 6) is 1.10. The van der Waals surface area contributed by atoms with Crippen molar-refractivity contribution in [1.29, 1.82) is 0 Å². The van der Waals surface area contributed by atoms with Gasteiger partial charge in [-0.1, -0.05) is 13.3 Å². The average Bonchev–Trinajstić information content (AvgIpc) is 3.59. The first-order valence-electron chi connectivity index (χ1n) is 10.4. The van der Waals surface area contributed by atoms with Gasteiger partial charge >= 0.3 is 6.18 Å². The molecule has 0 radical (unpaired) electrons. The first kappa shape index (κ1) is 19.8. The zero-order valence-corrected chi connectivity index (χ0v) is 17.8. The summed E-state index contributed by atoms with van der Waals surface area (Å²) in [6.07, 6.45) is -0.600. The first-order chi connectivity index (χ1) is 14.2. The van der Waals surface area contributed by atoms with E-state index < -0.39 is 17.9 Å². The Morgan fingerprint density at radius 3 is 2.63 bits per heavy atom. The summed E-state index contributed by atoms with van der Waals surface area (Å²) in [6.45, 7) is 5.93. The van der Waals surface area contributed by atoms with E-state index in [1.165, 1.54) is 22.1 Å². The van der Waals surface area contributed by atoms with E-state index in [1.807, 2.05) is 6.92 Å². The highest BCUT2D eigenvalue weighted by Gasteiger charge is 2.41. The highest BCUT2D eigenvalue weighted by Crippen LogP contribution is 2.51. The van der Waals surface area contributed by atoms with Crippen LogP contribution in [0.1, 0.15) is 85.1 Å². The van der Waals surface area contributed by atoms with Crippen molar-refractivity contribution in [2.45, 2.75) is 70.5 Å². The van der Waals surface area contributed by atoms with E-state index in [2.05, 4.69) is 17.0 Å². The lowest BCUT2D eigenvalue weighted by Gasteiger charge is -2.15. The van der Waals surface area contributed by atoms with Crippen LogP contribution in [0.5, 0.6) is 0 Å². The largest absolute Gasteiger partial charge is 0.435 e. The van der Waals surface area contributed by atoms with Crippen molar-refractivity contribution in [2.75, 3.05) is 0 Å². The summed E-state index contributed by atoms with van der Waals surface area (Å²) in [7, 11) is 0. The molecule has 0 spiro atoms. The van der Waals surface area contributed by atoms with Crippen LogP contribution in [0, 0.1) is 12.8 Å². The van der Waals surface area contributed by atoms with Gasteiger partial charge in [0, 0.05) is 34.2 Å². The van der Waals surface area contributed by atoms with Crippen molar-refractivity contribution in [3.8, 4) is 0 Å². The van der Waals surface area contributed by atoms with Crippen LogP contribution in [0.4, 0.5) is 13.2 Å². The Hall–Kier alpha value is -2.16. The second kappa shape index (κ2) is 6.67. The Kier molecular flexibility index (Phi) is 4.40. The van der Waals surface area contributed by atoms with Gasteiger partial charge in [0.1, 0.15) is 0 Å². The maximum absolute atomic E-state index is 13.2. The summed E-state index contributed by atoms with van der Waals surface area (Å²) in [6, 6.07) is 2.05. The predicted molar refractivity (Wildman–Crippen MR) is 108 cm³/mol. The number of aromatic nitrogens is 4. The maximum atomic E-state index is 13.2. The van der Waals surface area contributed by atoms with Gasteiger partial charge in [-0.2, -0.15) is 18.3 Å². The molecular weight excluding hydrogens is 413 g/mol. The molecule has 0 aromatic carbocycles. The van der Waals surface area contributed by atoms with Gasteiger partial charge in [0.15, 0.2) is 10.7 Å². The van der Waals surface area contributed by atoms with Crippen molar-refractivity contribution in [3.05, 3.63) is 50.1 Å². The Bertz CT molecular complexity index is 1190. The van der Waals surface area contributed by atoms with E-state index in [1.54, 1.807) is 11.3 Å². The van der Waals surface area contributed by atoms with Crippen molar-refractivity contribution in [3.63, 3.8) is 0 Å². The summed E-state index contributed by atoms with van der Waals surface area (Å²) in [4.78, 5) is 19.4. The van der Waals surface area contributed by atoms with Gasteiger partial charge in [0.2, 0.25) is 0 Å². The molecule has 3 aromatic rings. The van der Waals surface area contributed by atoms with E-state index in [4.69, 9.17) is 0 Å². The van der Waals surface area contributed by atoms with Crippen LogP contribution >= 0.6 is 11.3 Å². The lowest BCUT2D eigenvalue weighted by molar-refractivity contribution is -0.141. The van der Waals surface area contributed by atoms with E-state index in [0.717, 1.165) is 42.3 Å². The van der Waals surface area contributed by atoms with Crippen molar-refractivity contribution >= 4 is 16.3 Å². The maximum Gasteiger partial charge on any atom is 0.435 e. The Morgan fingerprint density at radius 1 is 1.30 bits per heavy atom.